The summed E-state index contributed by atoms with van der Waals surface area (Å²) >= 11 is 0. The van der Waals surface area contributed by atoms with Gasteiger partial charge in [-0.25, -0.2) is 0 Å². The van der Waals surface area contributed by atoms with Crippen molar-refractivity contribution in [2.75, 3.05) is 11.9 Å². The van der Waals surface area contributed by atoms with Crippen molar-refractivity contribution in [2.24, 2.45) is 5.92 Å². The van der Waals surface area contributed by atoms with E-state index in [2.05, 4.69) is 29.5 Å². The monoisotopic (exact) mass is 389 g/mol. The predicted octanol–water partition coefficient (Wildman–Crippen LogP) is 5.11. The number of rotatable bonds is 8. The van der Waals surface area contributed by atoms with Gasteiger partial charge in [-0.15, -0.1) is 0 Å². The van der Waals surface area contributed by atoms with Gasteiger partial charge in [0, 0.05) is 18.0 Å². The normalized spacial score (nSPS) is 11.9. The molecule has 0 spiro atoms. The van der Waals surface area contributed by atoms with Crippen LogP contribution in [0.3, 0.4) is 0 Å². The average molecular weight is 389 g/mol. The molecule has 0 aliphatic heterocycles. The first kappa shape index (κ1) is 20.6. The lowest BCUT2D eigenvalue weighted by atomic mass is 9.97. The molecule has 1 aromatic heterocycles. The quantitative estimate of drug-likeness (QED) is 0.562. The Morgan fingerprint density at radius 2 is 1.76 bits per heavy atom. The van der Waals surface area contributed by atoms with E-state index in [1.54, 1.807) is 6.20 Å². The van der Waals surface area contributed by atoms with E-state index in [4.69, 9.17) is 4.74 Å². The van der Waals surface area contributed by atoms with Crippen LogP contribution in [0.25, 0.3) is 0 Å². The molecule has 2 N–H and O–H groups in total. The van der Waals surface area contributed by atoms with E-state index in [1.165, 1.54) is 0 Å². The molecule has 0 aliphatic rings. The number of para-hydroxylation sites is 1. The number of aromatic nitrogens is 1. The van der Waals surface area contributed by atoms with Crippen molar-refractivity contribution in [3.8, 4) is 11.5 Å². The Bertz CT molecular complexity index is 942. The maximum Gasteiger partial charge on any atom is 0.238 e. The maximum absolute atomic E-state index is 12.5. The molecule has 0 saturated heterocycles. The number of pyridine rings is 1. The molecule has 2 aromatic carbocycles. The molecule has 5 heteroatoms. The zero-order valence-electron chi connectivity index (χ0n) is 17.1. The Kier molecular flexibility index (Phi) is 6.98. The van der Waals surface area contributed by atoms with Crippen molar-refractivity contribution in [1.29, 1.82) is 0 Å². The van der Waals surface area contributed by atoms with Gasteiger partial charge in [-0.2, -0.15) is 0 Å². The Morgan fingerprint density at radius 1 is 1.00 bits per heavy atom. The van der Waals surface area contributed by atoms with E-state index < -0.39 is 0 Å². The molecule has 0 bridgehead atoms. The smallest absolute Gasteiger partial charge is 0.238 e. The van der Waals surface area contributed by atoms with Crippen molar-refractivity contribution in [3.63, 3.8) is 0 Å². The van der Waals surface area contributed by atoms with E-state index >= 15 is 0 Å². The largest absolute Gasteiger partial charge is 0.457 e. The van der Waals surface area contributed by atoms with Crippen LogP contribution in [-0.4, -0.2) is 17.4 Å². The molecule has 0 radical (unpaired) electrons. The van der Waals surface area contributed by atoms with Crippen molar-refractivity contribution >= 4 is 11.6 Å². The first-order valence-electron chi connectivity index (χ1n) is 9.80. The number of ether oxygens (including phenoxy) is 1. The second kappa shape index (κ2) is 9.85. The van der Waals surface area contributed by atoms with Crippen LogP contribution >= 0.6 is 0 Å². The first-order valence-corrected chi connectivity index (χ1v) is 9.80. The van der Waals surface area contributed by atoms with Crippen LogP contribution in [0.4, 0.5) is 5.69 Å². The molecule has 0 aliphatic carbocycles. The minimum atomic E-state index is -0.110. The number of aryl methyl sites for hydroxylation is 1. The highest BCUT2D eigenvalue weighted by Crippen LogP contribution is 2.24. The number of nitrogens with zero attached hydrogens (tertiary/aromatic N) is 1. The Morgan fingerprint density at radius 3 is 2.48 bits per heavy atom. The van der Waals surface area contributed by atoms with E-state index in [-0.39, 0.29) is 18.5 Å². The Hall–Kier alpha value is -3.18. The van der Waals surface area contributed by atoms with Gasteiger partial charge < -0.3 is 10.1 Å². The topological polar surface area (TPSA) is 63.2 Å². The predicted molar refractivity (Wildman–Crippen MR) is 116 cm³/mol. The van der Waals surface area contributed by atoms with Gasteiger partial charge in [0.15, 0.2) is 0 Å². The molecule has 3 aromatic rings. The highest BCUT2D eigenvalue weighted by Gasteiger charge is 2.19. The van der Waals surface area contributed by atoms with Crippen LogP contribution in [0.2, 0.25) is 0 Å². The fourth-order valence-electron chi connectivity index (χ4n) is 3.14. The van der Waals surface area contributed by atoms with Gasteiger partial charge in [-0.1, -0.05) is 44.2 Å². The second-order valence-electron chi connectivity index (χ2n) is 7.30. The molecular weight excluding hydrogens is 362 g/mol. The summed E-state index contributed by atoms with van der Waals surface area (Å²) in [6, 6.07) is 20.9. The van der Waals surface area contributed by atoms with Crippen LogP contribution < -0.4 is 15.4 Å². The number of hydrogen-bond donors (Lipinski definition) is 2. The summed E-state index contributed by atoms with van der Waals surface area (Å²) in [4.78, 5) is 17.0. The number of nitrogens with one attached hydrogen (secondary N) is 2. The highest BCUT2D eigenvalue weighted by molar-refractivity contribution is 5.92. The van der Waals surface area contributed by atoms with Crippen LogP contribution in [-0.2, 0) is 4.79 Å². The van der Waals surface area contributed by atoms with Crippen LogP contribution in [0.1, 0.15) is 31.1 Å². The minimum absolute atomic E-state index is 0.00898. The first-order chi connectivity index (χ1) is 14.0. The molecule has 150 valence electrons. The third-order valence-corrected chi connectivity index (χ3v) is 4.59. The summed E-state index contributed by atoms with van der Waals surface area (Å²) in [5.41, 5.74) is 2.79. The zero-order valence-corrected chi connectivity index (χ0v) is 17.1. The highest BCUT2D eigenvalue weighted by atomic mass is 16.5. The number of amides is 1. The van der Waals surface area contributed by atoms with Crippen LogP contribution in [0.15, 0.2) is 72.9 Å². The van der Waals surface area contributed by atoms with Gasteiger partial charge in [-0.3, -0.25) is 15.1 Å². The van der Waals surface area contributed by atoms with Crippen LogP contribution in [0, 0.1) is 12.8 Å². The van der Waals surface area contributed by atoms with Gasteiger partial charge in [0.05, 0.1) is 18.3 Å². The molecular formula is C24H27N3O2. The lowest BCUT2D eigenvalue weighted by Crippen LogP contribution is -2.34. The van der Waals surface area contributed by atoms with E-state index in [0.717, 1.165) is 17.0 Å². The molecule has 1 amide bonds. The standard InChI is InChI=1S/C24H27N3O2/c1-17(2)23(24-18(3)9-8-14-25-24)26-16-22(28)27-19-10-7-13-21(15-19)29-20-11-5-4-6-12-20/h4-15,17,23,26H,16H2,1-3H3,(H,27,28). The number of carbonyl (C=O) groups is 1. The van der Waals surface area contributed by atoms with Crippen molar-refractivity contribution in [3.05, 3.63) is 84.2 Å². The van der Waals surface area contributed by atoms with Gasteiger partial charge in [-0.05, 0) is 48.7 Å². The number of carbonyl (C=O) groups excluding carboxylic acids is 1. The molecule has 1 heterocycles. The molecule has 1 unspecified atom stereocenters. The van der Waals surface area contributed by atoms with E-state index in [1.807, 2.05) is 73.7 Å². The molecule has 1 atom stereocenters. The second-order valence-corrected chi connectivity index (χ2v) is 7.30. The third kappa shape index (κ3) is 5.90. The van der Waals surface area contributed by atoms with E-state index in [0.29, 0.717) is 17.4 Å². The minimum Gasteiger partial charge on any atom is -0.457 e. The van der Waals surface area contributed by atoms with Gasteiger partial charge in [0.25, 0.3) is 0 Å². The van der Waals surface area contributed by atoms with E-state index in [9.17, 15) is 4.79 Å². The average Bonchev–Trinajstić information content (AvgIpc) is 2.70. The molecule has 0 fully saturated rings. The SMILES string of the molecule is Cc1cccnc1C(NCC(=O)Nc1cccc(Oc2ccccc2)c1)C(C)C. The number of benzene rings is 2. The summed E-state index contributed by atoms with van der Waals surface area (Å²) in [5.74, 6) is 1.62. The summed E-state index contributed by atoms with van der Waals surface area (Å²) in [5, 5.41) is 6.27. The molecule has 29 heavy (non-hydrogen) atoms. The number of anilines is 1. The Labute approximate surface area is 172 Å². The summed E-state index contributed by atoms with van der Waals surface area (Å²) in [6.45, 7) is 6.47. The van der Waals surface area contributed by atoms with Crippen molar-refractivity contribution in [2.45, 2.75) is 26.8 Å². The maximum atomic E-state index is 12.5. The zero-order chi connectivity index (χ0) is 20.6. The Balaban J connectivity index is 1.60. The molecule has 3 rings (SSSR count). The summed E-state index contributed by atoms with van der Waals surface area (Å²) in [6.07, 6.45) is 1.79. The van der Waals surface area contributed by atoms with Gasteiger partial charge in [0.1, 0.15) is 11.5 Å². The van der Waals surface area contributed by atoms with Gasteiger partial charge in [0.2, 0.25) is 5.91 Å². The van der Waals surface area contributed by atoms with Crippen LogP contribution in [0.5, 0.6) is 11.5 Å². The summed E-state index contributed by atoms with van der Waals surface area (Å²) < 4.78 is 5.83. The molecule has 0 saturated carbocycles. The fourth-order valence-corrected chi connectivity index (χ4v) is 3.14. The van der Waals surface area contributed by atoms with Crippen molar-refractivity contribution in [1.82, 2.24) is 10.3 Å². The lowest BCUT2D eigenvalue weighted by Gasteiger charge is -2.23. The molecule has 5 nitrogen and oxygen atoms in total. The van der Waals surface area contributed by atoms with Gasteiger partial charge >= 0.3 is 0 Å². The van der Waals surface area contributed by atoms with Crippen molar-refractivity contribution < 1.29 is 9.53 Å². The fraction of sp³-hybridized carbons (Fsp3) is 0.250. The number of hydrogen-bond acceptors (Lipinski definition) is 4. The third-order valence-electron chi connectivity index (χ3n) is 4.59. The summed E-state index contributed by atoms with van der Waals surface area (Å²) in [7, 11) is 0. The lowest BCUT2D eigenvalue weighted by molar-refractivity contribution is -0.115.